The fourth-order valence-electron chi connectivity index (χ4n) is 7.23. The van der Waals surface area contributed by atoms with Crippen molar-refractivity contribution in [3.05, 3.63) is 46.5 Å². The third-order valence-corrected chi connectivity index (χ3v) is 8.91. The van der Waals surface area contributed by atoms with Crippen LogP contribution in [-0.2, 0) is 10.2 Å². The molecule has 4 bridgehead atoms. The highest BCUT2D eigenvalue weighted by Crippen LogP contribution is 2.63. The predicted molar refractivity (Wildman–Crippen MR) is 125 cm³/mol. The molecule has 1 N–H and O–H groups in total. The monoisotopic (exact) mass is 460 g/mol. The van der Waals surface area contributed by atoms with Gasteiger partial charge in [0.1, 0.15) is 0 Å². The Morgan fingerprint density at radius 3 is 2.42 bits per heavy atom. The molecule has 0 spiro atoms. The quantitative estimate of drug-likeness (QED) is 0.629. The molecule has 4 saturated carbocycles. The van der Waals surface area contributed by atoms with Crippen LogP contribution in [0, 0.1) is 17.8 Å². The van der Waals surface area contributed by atoms with Gasteiger partial charge in [0.05, 0.1) is 10.6 Å². The summed E-state index contributed by atoms with van der Waals surface area (Å²) in [7, 11) is 0. The van der Waals surface area contributed by atoms with Gasteiger partial charge >= 0.3 is 0 Å². The summed E-state index contributed by atoms with van der Waals surface area (Å²) < 4.78 is 11.9. The van der Waals surface area contributed by atoms with Gasteiger partial charge in [-0.15, -0.1) is 0 Å². The summed E-state index contributed by atoms with van der Waals surface area (Å²) in [5.41, 5.74) is 4.20. The molecule has 1 saturated heterocycles. The summed E-state index contributed by atoms with van der Waals surface area (Å²) in [4.78, 5) is 28.3. The number of carbonyl (C=O) groups excluding carboxylic acids is 2. The number of amides is 2. The fraction of sp³-hybridized carbons (Fsp3) is 0.423. The van der Waals surface area contributed by atoms with Gasteiger partial charge < -0.3 is 9.47 Å². The van der Waals surface area contributed by atoms with Crippen LogP contribution in [-0.4, -0.2) is 22.9 Å². The van der Waals surface area contributed by atoms with Gasteiger partial charge in [-0.2, -0.15) is 0 Å². The minimum absolute atomic E-state index is 0.201. The second-order valence-corrected chi connectivity index (χ2v) is 11.3. The molecule has 6 nitrogen and oxygen atoms in total. The predicted octanol–water partition coefficient (Wildman–Crippen LogP) is 5.27. The van der Waals surface area contributed by atoms with Gasteiger partial charge in [-0.3, -0.25) is 19.9 Å². The van der Waals surface area contributed by atoms with Crippen LogP contribution in [0.5, 0.6) is 11.5 Å². The molecule has 0 radical (unpaired) electrons. The van der Waals surface area contributed by atoms with Gasteiger partial charge in [-0.05, 0) is 103 Å². The number of ether oxygens (including phenoxy) is 2. The van der Waals surface area contributed by atoms with Crippen molar-refractivity contribution in [1.82, 2.24) is 10.3 Å². The Bertz CT molecular complexity index is 1180. The summed E-state index contributed by atoms with van der Waals surface area (Å²) >= 11 is 0.915. The Balaban J connectivity index is 1.26. The number of rotatable bonds is 3. The van der Waals surface area contributed by atoms with Crippen molar-refractivity contribution < 1.29 is 19.1 Å². The van der Waals surface area contributed by atoms with E-state index in [0.717, 1.165) is 57.8 Å². The first-order valence-electron chi connectivity index (χ1n) is 11.7. The molecule has 5 fully saturated rings. The molecule has 3 heterocycles. The average molecular weight is 461 g/mol. The zero-order valence-electron chi connectivity index (χ0n) is 18.1. The summed E-state index contributed by atoms with van der Waals surface area (Å²) in [6.07, 6.45) is 11.4. The van der Waals surface area contributed by atoms with Crippen molar-refractivity contribution in [3.63, 3.8) is 0 Å². The summed E-state index contributed by atoms with van der Waals surface area (Å²) in [6, 6.07) is 8.22. The molecule has 7 heteroatoms. The Labute approximate surface area is 196 Å². The maximum atomic E-state index is 11.8. The number of hydrogen-bond acceptors (Lipinski definition) is 6. The smallest absolute Gasteiger partial charge is 0.290 e. The van der Waals surface area contributed by atoms with Crippen molar-refractivity contribution in [2.24, 2.45) is 17.8 Å². The Hall–Kier alpha value is -2.80. The van der Waals surface area contributed by atoms with E-state index < -0.39 is 0 Å². The second kappa shape index (κ2) is 7.10. The standard InChI is InChI=1S/C26H24N2O4S/c29-24-22(33-25(30)28-24)6-14-1-2-20(27-12-14)18-7-19(23-21(8-18)31-13-32-23)26-9-15-3-16(10-26)5-17(4-15)11-26/h1-2,6-8,12,15-17H,3-5,9-11,13H2,(H,28,29,30)/b22-6+. The van der Waals surface area contributed by atoms with Gasteiger partial charge in [0, 0.05) is 17.3 Å². The van der Waals surface area contributed by atoms with Crippen LogP contribution in [0.2, 0.25) is 0 Å². The second-order valence-electron chi connectivity index (χ2n) is 10.3. The number of fused-ring (bicyclic) bond motifs is 1. The van der Waals surface area contributed by atoms with Crippen molar-refractivity contribution in [2.45, 2.75) is 43.9 Å². The van der Waals surface area contributed by atoms with E-state index in [1.807, 2.05) is 18.2 Å². The number of aromatic nitrogens is 1. The first-order chi connectivity index (χ1) is 16.0. The number of thioether (sulfide) groups is 1. The van der Waals surface area contributed by atoms with Crippen LogP contribution < -0.4 is 14.8 Å². The molecule has 0 unspecified atom stereocenters. The molecule has 168 valence electrons. The number of imide groups is 1. The number of nitrogens with zero attached hydrogens (tertiary/aromatic N) is 1. The lowest BCUT2D eigenvalue weighted by Gasteiger charge is -2.57. The maximum Gasteiger partial charge on any atom is 0.290 e. The summed E-state index contributed by atoms with van der Waals surface area (Å²) in [5, 5.41) is 1.94. The lowest BCUT2D eigenvalue weighted by Crippen LogP contribution is -2.48. The molecule has 33 heavy (non-hydrogen) atoms. The largest absolute Gasteiger partial charge is 0.454 e. The fourth-order valence-corrected chi connectivity index (χ4v) is 7.91. The molecule has 4 aliphatic carbocycles. The third-order valence-electron chi connectivity index (χ3n) is 8.10. The molecule has 2 aliphatic heterocycles. The maximum absolute atomic E-state index is 11.8. The molecule has 2 amide bonds. The molecule has 1 aromatic heterocycles. The van der Waals surface area contributed by atoms with Crippen molar-refractivity contribution >= 4 is 29.0 Å². The number of hydrogen-bond donors (Lipinski definition) is 1. The van der Waals surface area contributed by atoms with Gasteiger partial charge in [-0.1, -0.05) is 6.07 Å². The molecular weight excluding hydrogens is 436 g/mol. The first kappa shape index (κ1) is 19.6. The van der Waals surface area contributed by atoms with Gasteiger partial charge in [0.25, 0.3) is 11.1 Å². The molecular formula is C26H24N2O4S. The van der Waals surface area contributed by atoms with Crippen molar-refractivity contribution in [1.29, 1.82) is 0 Å². The number of benzene rings is 1. The number of nitrogens with one attached hydrogen (secondary N) is 1. The highest BCUT2D eigenvalue weighted by molar-refractivity contribution is 8.18. The van der Waals surface area contributed by atoms with E-state index in [1.54, 1.807) is 12.3 Å². The number of pyridine rings is 1. The van der Waals surface area contributed by atoms with Gasteiger partial charge in [0.2, 0.25) is 6.79 Å². The van der Waals surface area contributed by atoms with E-state index in [4.69, 9.17) is 9.47 Å². The molecule has 0 atom stereocenters. The van der Waals surface area contributed by atoms with Crippen molar-refractivity contribution in [3.8, 4) is 22.8 Å². The highest BCUT2D eigenvalue weighted by atomic mass is 32.2. The van der Waals surface area contributed by atoms with Gasteiger partial charge in [-0.25, -0.2) is 0 Å². The average Bonchev–Trinajstić information content (AvgIpc) is 3.38. The van der Waals surface area contributed by atoms with Gasteiger partial charge in [0.15, 0.2) is 11.5 Å². The third kappa shape index (κ3) is 3.20. The van der Waals surface area contributed by atoms with E-state index in [1.165, 1.54) is 44.1 Å². The minimum Gasteiger partial charge on any atom is -0.454 e. The minimum atomic E-state index is -0.356. The lowest BCUT2D eigenvalue weighted by atomic mass is 9.48. The van der Waals surface area contributed by atoms with E-state index in [2.05, 4.69) is 16.4 Å². The zero-order chi connectivity index (χ0) is 22.2. The van der Waals surface area contributed by atoms with Crippen LogP contribution in [0.15, 0.2) is 35.4 Å². The molecule has 2 aromatic rings. The lowest BCUT2D eigenvalue weighted by molar-refractivity contribution is -0.115. The summed E-state index contributed by atoms with van der Waals surface area (Å²) in [6.45, 7) is 0.274. The zero-order valence-corrected chi connectivity index (χ0v) is 19.0. The topological polar surface area (TPSA) is 77.5 Å². The molecule has 6 aliphatic rings. The first-order valence-corrected chi connectivity index (χ1v) is 12.5. The van der Waals surface area contributed by atoms with Crippen LogP contribution in [0.25, 0.3) is 17.3 Å². The van der Waals surface area contributed by atoms with E-state index >= 15 is 0 Å². The van der Waals surface area contributed by atoms with E-state index in [-0.39, 0.29) is 23.4 Å². The number of carbonyl (C=O) groups is 2. The van der Waals surface area contributed by atoms with E-state index in [0.29, 0.717) is 4.91 Å². The Morgan fingerprint density at radius 1 is 1.03 bits per heavy atom. The van der Waals surface area contributed by atoms with Crippen LogP contribution in [0.3, 0.4) is 0 Å². The Kier molecular flexibility index (Phi) is 4.23. The summed E-state index contributed by atoms with van der Waals surface area (Å²) in [5.74, 6) is 3.95. The normalized spacial score (nSPS) is 32.6. The SMILES string of the molecule is O=C1NC(=O)/C(=C\c2ccc(-c3cc4c(c(C56CC7CC(CC(C7)C5)C6)c3)OCO4)nc2)S1. The van der Waals surface area contributed by atoms with Crippen LogP contribution in [0.4, 0.5) is 4.79 Å². The van der Waals surface area contributed by atoms with Crippen molar-refractivity contribution in [2.75, 3.05) is 6.79 Å². The Morgan fingerprint density at radius 2 is 1.79 bits per heavy atom. The highest BCUT2D eigenvalue weighted by Gasteiger charge is 2.53. The van der Waals surface area contributed by atoms with E-state index in [9.17, 15) is 9.59 Å². The molecule has 8 rings (SSSR count). The van der Waals surface area contributed by atoms with Crippen LogP contribution >= 0.6 is 11.8 Å². The van der Waals surface area contributed by atoms with Crippen LogP contribution in [0.1, 0.15) is 49.7 Å². The molecule has 1 aromatic carbocycles.